The number of carbonyl (C=O) groups excluding carboxylic acids is 2. The van der Waals surface area contributed by atoms with Crippen LogP contribution in [0.15, 0.2) is 28.7 Å². The highest BCUT2D eigenvalue weighted by molar-refractivity contribution is 9.10. The molecular weight excluding hydrogens is 298 g/mol. The summed E-state index contributed by atoms with van der Waals surface area (Å²) in [6.07, 6.45) is 0. The molecule has 0 unspecified atom stereocenters. The molecule has 2 rings (SSSR count). The van der Waals surface area contributed by atoms with E-state index < -0.39 is 5.97 Å². The molecule has 1 heterocycles. The van der Waals surface area contributed by atoms with Gasteiger partial charge in [-0.15, -0.1) is 0 Å². The van der Waals surface area contributed by atoms with E-state index in [9.17, 15) is 9.59 Å². The number of nitrogens with zero attached hydrogens (tertiary/aromatic N) is 1. The van der Waals surface area contributed by atoms with Crippen LogP contribution in [0.1, 0.15) is 29.1 Å². The van der Waals surface area contributed by atoms with Crippen LogP contribution in [0, 0.1) is 0 Å². The number of ether oxygens (including phenoxy) is 1. The van der Waals surface area contributed by atoms with Gasteiger partial charge in [-0.1, -0.05) is 18.2 Å². The van der Waals surface area contributed by atoms with Crippen molar-refractivity contribution in [1.82, 2.24) is 4.57 Å². The predicted molar refractivity (Wildman–Crippen MR) is 71.9 cm³/mol. The number of hydrogen-bond acceptors (Lipinski definition) is 3. The summed E-state index contributed by atoms with van der Waals surface area (Å²) in [5, 5.41) is 0.816. The van der Waals surface area contributed by atoms with E-state index in [1.54, 1.807) is 13.0 Å². The van der Waals surface area contributed by atoms with Gasteiger partial charge in [0.1, 0.15) is 5.69 Å². The van der Waals surface area contributed by atoms with Gasteiger partial charge in [0.25, 0.3) is 0 Å². The molecule has 0 saturated carbocycles. The topological polar surface area (TPSA) is 48.3 Å². The minimum Gasteiger partial charge on any atom is -0.461 e. The zero-order chi connectivity index (χ0) is 13.3. The van der Waals surface area contributed by atoms with Gasteiger partial charge in [0.15, 0.2) is 0 Å². The number of carbonyl (C=O) groups is 2. The lowest BCUT2D eigenvalue weighted by atomic mass is 10.2. The van der Waals surface area contributed by atoms with Gasteiger partial charge >= 0.3 is 5.97 Å². The third-order valence-electron chi connectivity index (χ3n) is 2.60. The number of hydrogen-bond donors (Lipinski definition) is 0. The molecule has 0 fully saturated rings. The van der Waals surface area contributed by atoms with Crippen molar-refractivity contribution in [2.24, 2.45) is 0 Å². The zero-order valence-electron chi connectivity index (χ0n) is 10.1. The summed E-state index contributed by atoms with van der Waals surface area (Å²) in [7, 11) is 0. The van der Waals surface area contributed by atoms with Crippen molar-refractivity contribution in [3.63, 3.8) is 0 Å². The Balaban J connectivity index is 2.78. The summed E-state index contributed by atoms with van der Waals surface area (Å²) in [5.41, 5.74) is 0.936. The first-order valence-electron chi connectivity index (χ1n) is 5.55. The van der Waals surface area contributed by atoms with E-state index >= 15 is 0 Å². The van der Waals surface area contributed by atoms with Gasteiger partial charge in [0.05, 0.1) is 16.6 Å². The fourth-order valence-electron chi connectivity index (χ4n) is 1.91. The molecule has 5 heteroatoms. The Kier molecular flexibility index (Phi) is 3.52. The number of esters is 1. The fraction of sp³-hybridized carbons (Fsp3) is 0.231. The maximum Gasteiger partial charge on any atom is 0.356 e. The molecule has 2 aromatic rings. The molecule has 0 aliphatic heterocycles. The van der Waals surface area contributed by atoms with Crippen molar-refractivity contribution in [1.29, 1.82) is 0 Å². The highest BCUT2D eigenvalue weighted by atomic mass is 79.9. The zero-order valence-corrected chi connectivity index (χ0v) is 11.7. The Morgan fingerprint density at radius 3 is 2.61 bits per heavy atom. The number of benzene rings is 1. The summed E-state index contributed by atoms with van der Waals surface area (Å²) in [4.78, 5) is 23.7. The van der Waals surface area contributed by atoms with Gasteiger partial charge < -0.3 is 4.74 Å². The van der Waals surface area contributed by atoms with E-state index in [1.165, 1.54) is 11.5 Å². The quantitative estimate of drug-likeness (QED) is 0.800. The van der Waals surface area contributed by atoms with Crippen molar-refractivity contribution in [2.75, 3.05) is 6.61 Å². The first-order valence-corrected chi connectivity index (χ1v) is 6.34. The van der Waals surface area contributed by atoms with Crippen LogP contribution in [0.2, 0.25) is 0 Å². The Bertz CT molecular complexity index is 630. The lowest BCUT2D eigenvalue weighted by Gasteiger charge is -2.06. The minimum absolute atomic E-state index is 0.222. The van der Waals surface area contributed by atoms with E-state index in [0.717, 1.165) is 5.39 Å². The second kappa shape index (κ2) is 4.94. The molecule has 0 atom stereocenters. The van der Waals surface area contributed by atoms with Crippen LogP contribution in [0.5, 0.6) is 0 Å². The molecule has 0 saturated heterocycles. The molecule has 0 bridgehead atoms. The first kappa shape index (κ1) is 12.8. The molecule has 0 spiro atoms. The van der Waals surface area contributed by atoms with E-state index in [4.69, 9.17) is 4.74 Å². The maximum absolute atomic E-state index is 11.9. The number of para-hydroxylation sites is 1. The monoisotopic (exact) mass is 309 g/mol. The minimum atomic E-state index is -0.504. The van der Waals surface area contributed by atoms with Crippen LogP contribution < -0.4 is 0 Å². The number of aromatic nitrogens is 1. The second-order valence-electron chi connectivity index (χ2n) is 3.75. The molecule has 0 radical (unpaired) electrons. The summed E-state index contributed by atoms with van der Waals surface area (Å²) in [5.74, 6) is -0.726. The highest BCUT2D eigenvalue weighted by Crippen LogP contribution is 2.31. The summed E-state index contributed by atoms with van der Waals surface area (Å²) in [6.45, 7) is 3.42. The molecule has 0 N–H and O–H groups in total. The second-order valence-corrected chi connectivity index (χ2v) is 4.55. The molecule has 94 valence electrons. The number of halogens is 1. The standard InChI is InChI=1S/C13H12BrNO3/c1-3-18-13(17)12-11(14)9-6-4-5-7-10(9)15(12)8(2)16/h4-7H,3H2,1-2H3. The molecule has 18 heavy (non-hydrogen) atoms. The number of rotatable bonds is 2. The maximum atomic E-state index is 11.9. The SMILES string of the molecule is CCOC(=O)c1c(Br)c2ccccc2n1C(C)=O. The third-order valence-corrected chi connectivity index (χ3v) is 3.40. The molecule has 0 amide bonds. The van der Waals surface area contributed by atoms with Gasteiger partial charge in [0, 0.05) is 12.3 Å². The molecular formula is C13H12BrNO3. The normalized spacial score (nSPS) is 10.6. The van der Waals surface area contributed by atoms with Crippen LogP contribution in [0.25, 0.3) is 10.9 Å². The Labute approximate surface area is 113 Å². The Morgan fingerprint density at radius 2 is 2.00 bits per heavy atom. The van der Waals surface area contributed by atoms with Crippen LogP contribution in [0.4, 0.5) is 0 Å². The highest BCUT2D eigenvalue weighted by Gasteiger charge is 2.24. The summed E-state index contributed by atoms with van der Waals surface area (Å²) in [6, 6.07) is 7.32. The molecule has 0 aliphatic rings. The van der Waals surface area contributed by atoms with E-state index in [2.05, 4.69) is 15.9 Å². The third kappa shape index (κ3) is 1.95. The lowest BCUT2D eigenvalue weighted by Crippen LogP contribution is -2.16. The van der Waals surface area contributed by atoms with Gasteiger partial charge in [-0.2, -0.15) is 0 Å². The Morgan fingerprint density at radius 1 is 1.33 bits per heavy atom. The van der Waals surface area contributed by atoms with Crippen molar-refractivity contribution in [2.45, 2.75) is 13.8 Å². The van der Waals surface area contributed by atoms with Crippen LogP contribution in [-0.4, -0.2) is 23.1 Å². The molecule has 1 aromatic heterocycles. The fourth-order valence-corrected chi connectivity index (χ4v) is 2.58. The Hall–Kier alpha value is -1.62. The van der Waals surface area contributed by atoms with Crippen LogP contribution in [-0.2, 0) is 4.74 Å². The molecule has 1 aromatic carbocycles. The van der Waals surface area contributed by atoms with Gasteiger partial charge in [-0.25, -0.2) is 4.79 Å². The van der Waals surface area contributed by atoms with Crippen molar-refractivity contribution in [3.8, 4) is 0 Å². The van der Waals surface area contributed by atoms with E-state index in [1.807, 2.05) is 18.2 Å². The first-order chi connectivity index (χ1) is 8.57. The van der Waals surface area contributed by atoms with E-state index in [-0.39, 0.29) is 18.2 Å². The smallest absolute Gasteiger partial charge is 0.356 e. The van der Waals surface area contributed by atoms with Gasteiger partial charge in [0.2, 0.25) is 5.91 Å². The van der Waals surface area contributed by atoms with E-state index in [0.29, 0.717) is 9.99 Å². The van der Waals surface area contributed by atoms with Gasteiger partial charge in [-0.3, -0.25) is 9.36 Å². The average molecular weight is 310 g/mol. The lowest BCUT2D eigenvalue weighted by molar-refractivity contribution is 0.0508. The number of fused-ring (bicyclic) bond motifs is 1. The van der Waals surface area contributed by atoms with Gasteiger partial charge in [-0.05, 0) is 28.9 Å². The molecule has 4 nitrogen and oxygen atoms in total. The molecule has 0 aliphatic carbocycles. The van der Waals surface area contributed by atoms with Crippen molar-refractivity contribution >= 4 is 38.7 Å². The summed E-state index contributed by atoms with van der Waals surface area (Å²) >= 11 is 3.37. The average Bonchev–Trinajstić information content (AvgIpc) is 2.64. The van der Waals surface area contributed by atoms with Crippen molar-refractivity contribution in [3.05, 3.63) is 34.4 Å². The summed E-state index contributed by atoms with van der Waals surface area (Å²) < 4.78 is 6.95. The van der Waals surface area contributed by atoms with Crippen LogP contribution >= 0.6 is 15.9 Å². The van der Waals surface area contributed by atoms with Crippen LogP contribution in [0.3, 0.4) is 0 Å². The van der Waals surface area contributed by atoms with Crippen molar-refractivity contribution < 1.29 is 14.3 Å². The largest absolute Gasteiger partial charge is 0.461 e. The predicted octanol–water partition coefficient (Wildman–Crippen LogP) is 3.24.